The predicted molar refractivity (Wildman–Crippen MR) is 116 cm³/mol. The second-order valence-corrected chi connectivity index (χ2v) is 8.37. The summed E-state index contributed by atoms with van der Waals surface area (Å²) in [4.78, 5) is 16.7. The summed E-state index contributed by atoms with van der Waals surface area (Å²) in [7, 11) is 0. The number of nitrogens with zero attached hydrogens (tertiary/aromatic N) is 1. The number of halogens is 4. The average Bonchev–Trinajstić information content (AvgIpc) is 3.19. The fourth-order valence-corrected chi connectivity index (χ4v) is 3.68. The van der Waals surface area contributed by atoms with Crippen molar-refractivity contribution in [3.05, 3.63) is 70.2 Å². The zero-order chi connectivity index (χ0) is 22.7. The first-order chi connectivity index (χ1) is 15.3. The van der Waals surface area contributed by atoms with Gasteiger partial charge in [0.1, 0.15) is 0 Å². The molecule has 0 aromatic heterocycles. The number of carbonyl (C=O) groups excluding carboxylic acids is 1. The zero-order valence-corrected chi connectivity index (χ0v) is 17.8. The molecule has 1 aliphatic carbocycles. The van der Waals surface area contributed by atoms with E-state index in [0.717, 1.165) is 49.1 Å². The molecule has 1 saturated heterocycles. The van der Waals surface area contributed by atoms with Gasteiger partial charge < -0.3 is 10.6 Å². The van der Waals surface area contributed by atoms with Crippen molar-refractivity contribution in [2.24, 2.45) is 4.99 Å². The number of guanidine groups is 1. The van der Waals surface area contributed by atoms with Crippen LogP contribution in [0.25, 0.3) is 0 Å². The molecule has 4 rings (SSSR count). The smallest absolute Gasteiger partial charge is 0.353 e. The molecule has 1 saturated carbocycles. The van der Waals surface area contributed by atoms with Crippen molar-refractivity contribution in [2.75, 3.05) is 0 Å². The first-order valence-corrected chi connectivity index (χ1v) is 10.8. The van der Waals surface area contributed by atoms with Crippen LogP contribution in [0.2, 0.25) is 5.02 Å². The second kappa shape index (κ2) is 9.48. The van der Waals surface area contributed by atoms with Crippen molar-refractivity contribution in [1.29, 1.82) is 0 Å². The lowest BCUT2D eigenvalue weighted by molar-refractivity contribution is -0.137. The third kappa shape index (κ3) is 5.59. The number of amides is 1. The monoisotopic (exact) mass is 465 g/mol. The van der Waals surface area contributed by atoms with Crippen molar-refractivity contribution < 1.29 is 18.0 Å². The van der Waals surface area contributed by atoms with Crippen molar-refractivity contribution in [3.8, 4) is 0 Å². The normalized spacial score (nSPS) is 21.8. The van der Waals surface area contributed by atoms with Gasteiger partial charge >= 0.3 is 6.18 Å². The summed E-state index contributed by atoms with van der Waals surface area (Å²) in [5, 5.41) is 7.09. The predicted octanol–water partition coefficient (Wildman–Crippen LogP) is 4.15. The van der Waals surface area contributed by atoms with Gasteiger partial charge in [-0.05, 0) is 61.2 Å². The number of hydrogen-bond acceptors (Lipinski definition) is 3. The summed E-state index contributed by atoms with van der Waals surface area (Å²) in [6, 6.07) is 11.8. The molecule has 170 valence electrons. The SMILES string of the molecule is O=C(/N=C(/NC1CCC1)NC1CC(c2ccc(Cl)cc2)NN1)c1ccc(C(F)(F)F)cc1. The van der Waals surface area contributed by atoms with E-state index in [1.807, 2.05) is 24.3 Å². The summed E-state index contributed by atoms with van der Waals surface area (Å²) in [6.45, 7) is 0. The molecule has 0 bridgehead atoms. The van der Waals surface area contributed by atoms with E-state index in [9.17, 15) is 18.0 Å². The molecular weight excluding hydrogens is 443 g/mol. The van der Waals surface area contributed by atoms with Crippen LogP contribution in [0.3, 0.4) is 0 Å². The molecule has 1 heterocycles. The van der Waals surface area contributed by atoms with Gasteiger partial charge in [-0.3, -0.25) is 4.79 Å². The third-order valence-corrected chi connectivity index (χ3v) is 5.86. The van der Waals surface area contributed by atoms with Crippen LogP contribution in [-0.4, -0.2) is 24.1 Å². The van der Waals surface area contributed by atoms with Crippen molar-refractivity contribution in [1.82, 2.24) is 21.5 Å². The van der Waals surface area contributed by atoms with Gasteiger partial charge in [-0.2, -0.15) is 18.2 Å². The van der Waals surface area contributed by atoms with E-state index in [1.165, 1.54) is 0 Å². The number of benzene rings is 2. The number of rotatable bonds is 4. The number of aliphatic imine (C=N–C) groups is 1. The zero-order valence-electron chi connectivity index (χ0n) is 17.0. The second-order valence-electron chi connectivity index (χ2n) is 7.94. The quantitative estimate of drug-likeness (QED) is 0.403. The molecule has 1 aliphatic heterocycles. The lowest BCUT2D eigenvalue weighted by Gasteiger charge is -2.29. The molecule has 2 aromatic carbocycles. The van der Waals surface area contributed by atoms with Crippen LogP contribution >= 0.6 is 11.6 Å². The summed E-state index contributed by atoms with van der Waals surface area (Å²) >= 11 is 5.95. The van der Waals surface area contributed by atoms with Crippen molar-refractivity contribution in [3.63, 3.8) is 0 Å². The molecule has 2 fully saturated rings. The fourth-order valence-electron chi connectivity index (χ4n) is 3.55. The van der Waals surface area contributed by atoms with E-state index < -0.39 is 17.6 Å². The highest BCUT2D eigenvalue weighted by Gasteiger charge is 2.30. The Labute approximate surface area is 188 Å². The Hall–Kier alpha value is -2.62. The molecule has 2 unspecified atom stereocenters. The molecule has 10 heteroatoms. The molecule has 2 atom stereocenters. The van der Waals surface area contributed by atoms with E-state index in [-0.39, 0.29) is 23.8 Å². The highest BCUT2D eigenvalue weighted by Crippen LogP contribution is 2.29. The summed E-state index contributed by atoms with van der Waals surface area (Å²) in [6.07, 6.45) is -0.938. The number of alkyl halides is 3. The number of hydrazine groups is 1. The highest BCUT2D eigenvalue weighted by atomic mass is 35.5. The Kier molecular flexibility index (Phi) is 6.68. The van der Waals surface area contributed by atoms with Gasteiger partial charge in [-0.15, -0.1) is 0 Å². The number of nitrogens with one attached hydrogen (secondary N) is 4. The van der Waals surface area contributed by atoms with E-state index in [0.29, 0.717) is 17.4 Å². The van der Waals surface area contributed by atoms with Crippen molar-refractivity contribution in [2.45, 2.75) is 50.1 Å². The van der Waals surface area contributed by atoms with Crippen LogP contribution in [0.5, 0.6) is 0 Å². The molecule has 2 aliphatic rings. The van der Waals surface area contributed by atoms with E-state index >= 15 is 0 Å². The molecule has 6 nitrogen and oxygen atoms in total. The Balaban J connectivity index is 1.44. The van der Waals surface area contributed by atoms with Gasteiger partial charge in [0, 0.05) is 29.1 Å². The van der Waals surface area contributed by atoms with Gasteiger partial charge in [0.05, 0.1) is 11.7 Å². The van der Waals surface area contributed by atoms with Crippen LogP contribution in [0.1, 0.15) is 53.2 Å². The molecule has 2 aromatic rings. The molecule has 1 amide bonds. The lowest BCUT2D eigenvalue weighted by Crippen LogP contribution is -2.53. The van der Waals surface area contributed by atoms with Gasteiger partial charge in [0.2, 0.25) is 5.96 Å². The van der Waals surface area contributed by atoms with Crippen LogP contribution in [0, 0.1) is 0 Å². The summed E-state index contributed by atoms with van der Waals surface area (Å²) in [5.41, 5.74) is 6.70. The van der Waals surface area contributed by atoms with Crippen molar-refractivity contribution >= 4 is 23.5 Å². The van der Waals surface area contributed by atoms with Gasteiger partial charge in [-0.25, -0.2) is 10.9 Å². The summed E-state index contributed by atoms with van der Waals surface area (Å²) < 4.78 is 38.3. The first-order valence-electron chi connectivity index (χ1n) is 10.4. The Morgan fingerprint density at radius 1 is 1.00 bits per heavy atom. The maximum absolute atomic E-state index is 12.8. The minimum absolute atomic E-state index is 0.0420. The average molecular weight is 466 g/mol. The van der Waals surface area contributed by atoms with Crippen LogP contribution in [0.15, 0.2) is 53.5 Å². The lowest BCUT2D eigenvalue weighted by atomic mass is 9.93. The number of hydrogen-bond donors (Lipinski definition) is 4. The molecular formula is C22H23ClF3N5O. The standard InChI is InChI=1S/C22H23ClF3N5O/c23-16-10-6-13(7-11-16)18-12-19(31-30-18)28-21(27-17-2-1-3-17)29-20(32)14-4-8-15(9-5-14)22(24,25)26/h4-11,17-19,30-31H,1-3,12H2,(H2,27,28,29,32). The Morgan fingerprint density at radius 2 is 1.69 bits per heavy atom. The maximum atomic E-state index is 12.8. The topological polar surface area (TPSA) is 77.5 Å². The van der Waals surface area contributed by atoms with Gasteiger partial charge in [0.15, 0.2) is 0 Å². The largest absolute Gasteiger partial charge is 0.416 e. The molecule has 0 spiro atoms. The van der Waals surface area contributed by atoms with Gasteiger partial charge in [-0.1, -0.05) is 23.7 Å². The Bertz CT molecular complexity index is 975. The first kappa shape index (κ1) is 22.6. The summed E-state index contributed by atoms with van der Waals surface area (Å²) in [5.74, 6) is -0.316. The van der Waals surface area contributed by atoms with E-state index in [1.54, 1.807) is 0 Å². The van der Waals surface area contributed by atoms with Crippen LogP contribution in [0.4, 0.5) is 13.2 Å². The van der Waals surface area contributed by atoms with Crippen LogP contribution in [-0.2, 0) is 6.18 Å². The molecule has 0 radical (unpaired) electrons. The Morgan fingerprint density at radius 3 is 2.28 bits per heavy atom. The number of carbonyl (C=O) groups is 1. The van der Waals surface area contributed by atoms with Gasteiger partial charge in [0.25, 0.3) is 5.91 Å². The van der Waals surface area contributed by atoms with E-state index in [4.69, 9.17) is 11.6 Å². The molecule has 32 heavy (non-hydrogen) atoms. The maximum Gasteiger partial charge on any atom is 0.416 e. The minimum Gasteiger partial charge on any atom is -0.353 e. The van der Waals surface area contributed by atoms with Crippen LogP contribution < -0.4 is 21.5 Å². The van der Waals surface area contributed by atoms with E-state index in [2.05, 4.69) is 26.5 Å². The molecule has 4 N–H and O–H groups in total. The third-order valence-electron chi connectivity index (χ3n) is 5.61. The fraction of sp³-hybridized carbons (Fsp3) is 0.364. The minimum atomic E-state index is -4.45. The highest BCUT2D eigenvalue weighted by molar-refractivity contribution is 6.30.